The lowest BCUT2D eigenvalue weighted by Gasteiger charge is -2.25. The summed E-state index contributed by atoms with van der Waals surface area (Å²) in [6, 6.07) is 5.48. The topological polar surface area (TPSA) is 71.4 Å². The number of rotatable bonds is 4. The van der Waals surface area contributed by atoms with E-state index in [0.29, 0.717) is 11.6 Å². The number of ether oxygens (including phenoxy) is 2. The van der Waals surface area contributed by atoms with Crippen LogP contribution in [0.15, 0.2) is 18.2 Å². The Morgan fingerprint density at radius 3 is 2.84 bits per heavy atom. The number of benzene rings is 1. The van der Waals surface area contributed by atoms with Crippen molar-refractivity contribution < 1.29 is 14.3 Å². The lowest BCUT2D eigenvalue weighted by molar-refractivity contribution is 0.0600. The molecule has 0 radical (unpaired) electrons. The van der Waals surface area contributed by atoms with Crippen molar-refractivity contribution >= 4 is 17.9 Å². The zero-order valence-corrected chi connectivity index (χ0v) is 10.9. The van der Waals surface area contributed by atoms with Crippen molar-refractivity contribution in [2.24, 2.45) is 0 Å². The fraction of sp³-hybridized carbons (Fsp3) is 0.429. The van der Waals surface area contributed by atoms with Crippen LogP contribution in [0.1, 0.15) is 28.8 Å². The van der Waals surface area contributed by atoms with E-state index in [-0.39, 0.29) is 5.97 Å². The van der Waals surface area contributed by atoms with E-state index in [2.05, 4.69) is 5.32 Å². The normalized spacial score (nSPS) is 15.8. The Morgan fingerprint density at radius 1 is 1.47 bits per heavy atom. The lowest BCUT2D eigenvalue weighted by atomic mass is 10.1. The molecular formula is C14H18N2O3. The Bertz CT molecular complexity index is 468. The third kappa shape index (κ3) is 3.32. The van der Waals surface area contributed by atoms with Crippen LogP contribution in [0.5, 0.6) is 0 Å². The zero-order valence-electron chi connectivity index (χ0n) is 10.9. The monoisotopic (exact) mass is 262 g/mol. The average Bonchev–Trinajstić information content (AvgIpc) is 2.47. The van der Waals surface area contributed by atoms with Crippen LogP contribution in [0.4, 0.5) is 5.69 Å². The first kappa shape index (κ1) is 13.5. The second kappa shape index (κ2) is 6.33. The Balaban J connectivity index is 2.20. The summed E-state index contributed by atoms with van der Waals surface area (Å²) < 4.78 is 10.0. The molecule has 0 amide bonds. The molecule has 19 heavy (non-hydrogen) atoms. The molecule has 2 N–H and O–H groups in total. The number of hydrogen-bond donors (Lipinski definition) is 2. The van der Waals surface area contributed by atoms with Crippen molar-refractivity contribution in [3.8, 4) is 0 Å². The van der Waals surface area contributed by atoms with Crippen LogP contribution in [0.3, 0.4) is 0 Å². The van der Waals surface area contributed by atoms with Crippen LogP contribution in [-0.4, -0.2) is 38.5 Å². The Kier molecular flexibility index (Phi) is 4.52. The van der Waals surface area contributed by atoms with Gasteiger partial charge in [0.1, 0.15) is 0 Å². The number of carbonyl (C=O) groups excluding carboxylic acids is 1. The van der Waals surface area contributed by atoms with Gasteiger partial charge in [-0.05, 0) is 25.0 Å². The quantitative estimate of drug-likeness (QED) is 0.643. The van der Waals surface area contributed by atoms with Crippen LogP contribution in [0.2, 0.25) is 0 Å². The maximum absolute atomic E-state index is 11.5. The van der Waals surface area contributed by atoms with E-state index < -0.39 is 0 Å². The van der Waals surface area contributed by atoms with Crippen molar-refractivity contribution in [2.45, 2.75) is 18.9 Å². The smallest absolute Gasteiger partial charge is 0.337 e. The lowest BCUT2D eigenvalue weighted by Crippen LogP contribution is -2.28. The highest BCUT2D eigenvalue weighted by molar-refractivity contribution is 5.94. The predicted molar refractivity (Wildman–Crippen MR) is 73.1 cm³/mol. The van der Waals surface area contributed by atoms with Gasteiger partial charge >= 0.3 is 5.97 Å². The van der Waals surface area contributed by atoms with Gasteiger partial charge in [0.15, 0.2) is 0 Å². The molecule has 0 aromatic heterocycles. The van der Waals surface area contributed by atoms with Gasteiger partial charge in [-0.25, -0.2) is 4.79 Å². The van der Waals surface area contributed by atoms with Crippen LogP contribution in [0, 0.1) is 5.41 Å². The molecule has 1 saturated heterocycles. The molecule has 1 aliphatic rings. The highest BCUT2D eigenvalue weighted by atomic mass is 16.5. The molecule has 5 nitrogen and oxygen atoms in total. The molecule has 1 heterocycles. The molecule has 1 aliphatic heterocycles. The van der Waals surface area contributed by atoms with Crippen molar-refractivity contribution in [3.63, 3.8) is 0 Å². The minimum Gasteiger partial charge on any atom is -0.465 e. The average molecular weight is 262 g/mol. The SMILES string of the molecule is COC(=O)c1ccc(C=N)c(NC2CCOCC2)c1. The first-order valence-corrected chi connectivity index (χ1v) is 6.31. The Labute approximate surface area is 112 Å². The van der Waals surface area contributed by atoms with Gasteiger partial charge < -0.3 is 20.2 Å². The van der Waals surface area contributed by atoms with Gasteiger partial charge in [-0.15, -0.1) is 0 Å². The number of nitrogens with one attached hydrogen (secondary N) is 2. The summed E-state index contributed by atoms with van der Waals surface area (Å²) in [4.78, 5) is 11.5. The van der Waals surface area contributed by atoms with Crippen LogP contribution in [-0.2, 0) is 9.47 Å². The summed E-state index contributed by atoms with van der Waals surface area (Å²) in [6.07, 6.45) is 3.14. The fourth-order valence-electron chi connectivity index (χ4n) is 2.11. The molecular weight excluding hydrogens is 244 g/mol. The van der Waals surface area contributed by atoms with Crippen molar-refractivity contribution in [3.05, 3.63) is 29.3 Å². The molecule has 1 aromatic carbocycles. The Hall–Kier alpha value is -1.88. The number of esters is 1. The molecule has 2 rings (SSSR count). The van der Waals surface area contributed by atoms with Gasteiger partial charge in [0, 0.05) is 36.7 Å². The molecule has 0 saturated carbocycles. The summed E-state index contributed by atoms with van der Waals surface area (Å²) in [5.41, 5.74) is 2.05. The van der Waals surface area contributed by atoms with E-state index in [0.717, 1.165) is 37.3 Å². The molecule has 5 heteroatoms. The van der Waals surface area contributed by atoms with Crippen LogP contribution >= 0.6 is 0 Å². The molecule has 0 bridgehead atoms. The zero-order chi connectivity index (χ0) is 13.7. The number of methoxy groups -OCH3 is 1. The summed E-state index contributed by atoms with van der Waals surface area (Å²) in [6.45, 7) is 1.49. The summed E-state index contributed by atoms with van der Waals surface area (Å²) >= 11 is 0. The van der Waals surface area contributed by atoms with Crippen LogP contribution in [0.25, 0.3) is 0 Å². The van der Waals surface area contributed by atoms with E-state index in [9.17, 15) is 4.79 Å². The van der Waals surface area contributed by atoms with Crippen molar-refractivity contribution in [1.29, 1.82) is 5.41 Å². The molecule has 1 aromatic rings. The third-order valence-corrected chi connectivity index (χ3v) is 3.21. The van der Waals surface area contributed by atoms with Crippen LogP contribution < -0.4 is 5.32 Å². The van der Waals surface area contributed by atoms with Gasteiger partial charge in [0.2, 0.25) is 0 Å². The van der Waals surface area contributed by atoms with Gasteiger partial charge in [-0.3, -0.25) is 0 Å². The first-order valence-electron chi connectivity index (χ1n) is 6.31. The highest BCUT2D eigenvalue weighted by Gasteiger charge is 2.16. The second-order valence-corrected chi connectivity index (χ2v) is 4.47. The predicted octanol–water partition coefficient (Wildman–Crippen LogP) is 2.06. The van der Waals surface area contributed by atoms with E-state index in [1.807, 2.05) is 0 Å². The largest absolute Gasteiger partial charge is 0.465 e. The third-order valence-electron chi connectivity index (χ3n) is 3.21. The number of carbonyl (C=O) groups is 1. The Morgan fingerprint density at radius 2 is 2.21 bits per heavy atom. The minimum absolute atomic E-state index is 0.320. The van der Waals surface area contributed by atoms with E-state index in [1.54, 1.807) is 18.2 Å². The fourth-order valence-corrected chi connectivity index (χ4v) is 2.11. The second-order valence-electron chi connectivity index (χ2n) is 4.47. The first-order chi connectivity index (χ1) is 9.24. The maximum Gasteiger partial charge on any atom is 0.337 e. The molecule has 0 atom stereocenters. The van der Waals surface area contributed by atoms with Gasteiger partial charge in [-0.1, -0.05) is 6.07 Å². The molecule has 0 unspecified atom stereocenters. The van der Waals surface area contributed by atoms with Gasteiger partial charge in [-0.2, -0.15) is 0 Å². The summed E-state index contributed by atoms with van der Waals surface area (Å²) in [5.74, 6) is -0.369. The molecule has 102 valence electrons. The van der Waals surface area contributed by atoms with Crippen molar-refractivity contribution in [1.82, 2.24) is 0 Å². The summed E-state index contributed by atoms with van der Waals surface area (Å²) in [7, 11) is 1.36. The molecule has 0 spiro atoms. The van der Waals surface area contributed by atoms with Gasteiger partial charge in [0.05, 0.1) is 12.7 Å². The highest BCUT2D eigenvalue weighted by Crippen LogP contribution is 2.20. The van der Waals surface area contributed by atoms with E-state index in [4.69, 9.17) is 14.9 Å². The maximum atomic E-state index is 11.5. The number of anilines is 1. The standard InChI is InChI=1S/C14H18N2O3/c1-18-14(17)10-2-3-11(9-15)13(8-10)16-12-4-6-19-7-5-12/h2-3,8-9,12,15-16H,4-7H2,1H3. The molecule has 1 fully saturated rings. The minimum atomic E-state index is -0.369. The van der Waals surface area contributed by atoms with Gasteiger partial charge in [0.25, 0.3) is 0 Å². The van der Waals surface area contributed by atoms with E-state index >= 15 is 0 Å². The summed E-state index contributed by atoms with van der Waals surface area (Å²) in [5, 5.41) is 10.8. The molecule has 0 aliphatic carbocycles. The number of hydrogen-bond acceptors (Lipinski definition) is 5. The van der Waals surface area contributed by atoms with Crippen molar-refractivity contribution in [2.75, 3.05) is 25.6 Å². The van der Waals surface area contributed by atoms with E-state index in [1.165, 1.54) is 13.3 Å².